The lowest BCUT2D eigenvalue weighted by Gasteiger charge is -2.03. The SMILES string of the molecule is N#Cc1ccc(Sc2ccc(O)cc2)c([N+](=O)[O-])c1. The molecule has 0 heterocycles. The van der Waals surface area contributed by atoms with Gasteiger partial charge in [-0.2, -0.15) is 5.26 Å². The van der Waals surface area contributed by atoms with E-state index in [1.54, 1.807) is 18.2 Å². The van der Waals surface area contributed by atoms with Crippen LogP contribution in [0.25, 0.3) is 0 Å². The Hall–Kier alpha value is -2.52. The van der Waals surface area contributed by atoms with Gasteiger partial charge in [-0.25, -0.2) is 0 Å². The lowest BCUT2D eigenvalue weighted by atomic mass is 10.2. The Morgan fingerprint density at radius 3 is 2.47 bits per heavy atom. The molecule has 0 aliphatic carbocycles. The van der Waals surface area contributed by atoms with Crippen molar-refractivity contribution < 1.29 is 10.0 Å². The number of nitro benzene ring substituents is 1. The lowest BCUT2D eigenvalue weighted by Crippen LogP contribution is -1.91. The van der Waals surface area contributed by atoms with Crippen molar-refractivity contribution in [3.63, 3.8) is 0 Å². The number of hydrogen-bond donors (Lipinski definition) is 1. The summed E-state index contributed by atoms with van der Waals surface area (Å²) in [6.45, 7) is 0. The quantitative estimate of drug-likeness (QED) is 0.684. The van der Waals surface area contributed by atoms with Crippen LogP contribution in [-0.4, -0.2) is 10.0 Å². The molecule has 0 amide bonds. The normalized spacial score (nSPS) is 9.84. The summed E-state index contributed by atoms with van der Waals surface area (Å²) in [6.07, 6.45) is 0. The zero-order chi connectivity index (χ0) is 13.8. The predicted octanol–water partition coefficient (Wildman–Crippen LogP) is 3.32. The number of nitriles is 1. The van der Waals surface area contributed by atoms with E-state index < -0.39 is 4.92 Å². The van der Waals surface area contributed by atoms with Crippen LogP contribution < -0.4 is 0 Å². The van der Waals surface area contributed by atoms with Crippen LogP contribution in [0.3, 0.4) is 0 Å². The number of aromatic hydroxyl groups is 1. The van der Waals surface area contributed by atoms with Crippen LogP contribution in [0.5, 0.6) is 5.75 Å². The first-order valence-corrected chi connectivity index (χ1v) is 6.07. The molecule has 0 aliphatic heterocycles. The van der Waals surface area contributed by atoms with Gasteiger partial charge in [0.2, 0.25) is 0 Å². The largest absolute Gasteiger partial charge is 0.508 e. The molecule has 0 radical (unpaired) electrons. The maximum absolute atomic E-state index is 11.0. The molecule has 0 saturated carbocycles. The fourth-order valence-corrected chi connectivity index (χ4v) is 2.36. The number of phenolic OH excluding ortho intramolecular Hbond substituents is 1. The summed E-state index contributed by atoms with van der Waals surface area (Å²) in [5.74, 6) is 0.138. The number of nitrogens with zero attached hydrogens (tertiary/aromatic N) is 2. The van der Waals surface area contributed by atoms with Crippen LogP contribution >= 0.6 is 11.8 Å². The standard InChI is InChI=1S/C13H8N2O3S/c14-8-9-1-6-13(12(7-9)15(17)18)19-11-4-2-10(16)3-5-11/h1-7,16H. The lowest BCUT2D eigenvalue weighted by molar-refractivity contribution is -0.387. The van der Waals surface area contributed by atoms with Gasteiger partial charge < -0.3 is 5.11 Å². The number of hydrogen-bond acceptors (Lipinski definition) is 5. The Labute approximate surface area is 113 Å². The Morgan fingerprint density at radius 1 is 1.21 bits per heavy atom. The highest BCUT2D eigenvalue weighted by Gasteiger charge is 2.15. The van der Waals surface area contributed by atoms with Crippen LogP contribution in [0.1, 0.15) is 5.56 Å². The van der Waals surface area contributed by atoms with Crippen molar-refractivity contribution in [1.82, 2.24) is 0 Å². The summed E-state index contributed by atoms with van der Waals surface area (Å²) in [5, 5.41) is 28.9. The van der Waals surface area contributed by atoms with E-state index in [1.807, 2.05) is 6.07 Å². The summed E-state index contributed by atoms with van der Waals surface area (Å²) in [6, 6.07) is 12.6. The van der Waals surface area contributed by atoms with E-state index in [9.17, 15) is 15.2 Å². The second-order valence-corrected chi connectivity index (χ2v) is 4.76. The minimum Gasteiger partial charge on any atom is -0.508 e. The van der Waals surface area contributed by atoms with Gasteiger partial charge in [0.05, 0.1) is 21.5 Å². The summed E-state index contributed by atoms with van der Waals surface area (Å²) in [4.78, 5) is 11.7. The second-order valence-electron chi connectivity index (χ2n) is 3.65. The van der Waals surface area contributed by atoms with E-state index in [0.29, 0.717) is 4.90 Å². The van der Waals surface area contributed by atoms with E-state index in [1.165, 1.54) is 36.0 Å². The van der Waals surface area contributed by atoms with E-state index >= 15 is 0 Å². The molecule has 0 bridgehead atoms. The third-order valence-corrected chi connectivity index (χ3v) is 3.42. The van der Waals surface area contributed by atoms with E-state index in [4.69, 9.17) is 5.26 Å². The van der Waals surface area contributed by atoms with Crippen molar-refractivity contribution in [3.05, 3.63) is 58.1 Å². The van der Waals surface area contributed by atoms with Gasteiger partial charge in [-0.1, -0.05) is 11.8 Å². The molecule has 6 heteroatoms. The number of nitro groups is 1. The molecular formula is C13H8N2O3S. The average Bonchev–Trinajstić information content (AvgIpc) is 2.41. The van der Waals surface area contributed by atoms with Gasteiger partial charge in [0.15, 0.2) is 0 Å². The minimum absolute atomic E-state index is 0.0999. The molecule has 94 valence electrons. The summed E-state index contributed by atoms with van der Waals surface area (Å²) < 4.78 is 0. The van der Waals surface area contributed by atoms with E-state index in [0.717, 1.165) is 4.90 Å². The third kappa shape index (κ3) is 3.03. The molecule has 2 aromatic rings. The first kappa shape index (κ1) is 12.9. The Kier molecular flexibility index (Phi) is 3.68. The van der Waals surface area contributed by atoms with Gasteiger partial charge in [-0.15, -0.1) is 0 Å². The zero-order valence-corrected chi connectivity index (χ0v) is 10.4. The number of phenols is 1. The molecule has 0 spiro atoms. The monoisotopic (exact) mass is 272 g/mol. The topological polar surface area (TPSA) is 87.2 Å². The summed E-state index contributed by atoms with van der Waals surface area (Å²) in [5.41, 5.74) is 0.152. The highest BCUT2D eigenvalue weighted by Crippen LogP contribution is 2.35. The second kappa shape index (κ2) is 5.42. The fourth-order valence-electron chi connectivity index (χ4n) is 1.46. The van der Waals surface area contributed by atoms with E-state index in [-0.39, 0.29) is 17.0 Å². The maximum atomic E-state index is 11.0. The van der Waals surface area contributed by atoms with Gasteiger partial charge in [0.1, 0.15) is 5.75 Å². The molecule has 0 fully saturated rings. The van der Waals surface area contributed by atoms with Crippen LogP contribution in [0.2, 0.25) is 0 Å². The highest BCUT2D eigenvalue weighted by atomic mass is 32.2. The molecular weight excluding hydrogens is 264 g/mol. The highest BCUT2D eigenvalue weighted by molar-refractivity contribution is 7.99. The van der Waals surface area contributed by atoms with Crippen molar-refractivity contribution >= 4 is 17.4 Å². The Morgan fingerprint density at radius 2 is 1.89 bits per heavy atom. The fraction of sp³-hybridized carbons (Fsp3) is 0. The molecule has 5 nitrogen and oxygen atoms in total. The summed E-state index contributed by atoms with van der Waals surface area (Å²) >= 11 is 1.21. The van der Waals surface area contributed by atoms with Crippen LogP contribution in [0.15, 0.2) is 52.3 Å². The van der Waals surface area contributed by atoms with Crippen LogP contribution in [-0.2, 0) is 0 Å². The van der Waals surface area contributed by atoms with Gasteiger partial charge in [-0.05, 0) is 36.4 Å². The minimum atomic E-state index is -0.510. The van der Waals surface area contributed by atoms with Gasteiger partial charge >= 0.3 is 0 Å². The summed E-state index contributed by atoms with van der Waals surface area (Å²) in [7, 11) is 0. The molecule has 2 rings (SSSR count). The molecule has 19 heavy (non-hydrogen) atoms. The van der Waals surface area contributed by atoms with Gasteiger partial charge in [0.25, 0.3) is 5.69 Å². The number of rotatable bonds is 3. The van der Waals surface area contributed by atoms with Crippen molar-refractivity contribution in [1.29, 1.82) is 5.26 Å². The first-order chi connectivity index (χ1) is 9.10. The van der Waals surface area contributed by atoms with Crippen molar-refractivity contribution in [2.75, 3.05) is 0 Å². The molecule has 1 N–H and O–H groups in total. The Bertz CT molecular complexity index is 663. The first-order valence-electron chi connectivity index (χ1n) is 5.25. The average molecular weight is 272 g/mol. The predicted molar refractivity (Wildman–Crippen MR) is 70.0 cm³/mol. The smallest absolute Gasteiger partial charge is 0.284 e. The van der Waals surface area contributed by atoms with Crippen LogP contribution in [0, 0.1) is 21.4 Å². The van der Waals surface area contributed by atoms with Crippen molar-refractivity contribution in [2.45, 2.75) is 9.79 Å². The van der Waals surface area contributed by atoms with Crippen LogP contribution in [0.4, 0.5) is 5.69 Å². The van der Waals surface area contributed by atoms with Crippen molar-refractivity contribution in [2.24, 2.45) is 0 Å². The molecule has 2 aromatic carbocycles. The van der Waals surface area contributed by atoms with Gasteiger partial charge in [-0.3, -0.25) is 10.1 Å². The van der Waals surface area contributed by atoms with E-state index in [2.05, 4.69) is 0 Å². The maximum Gasteiger partial charge on any atom is 0.284 e. The number of benzene rings is 2. The Balaban J connectivity index is 2.37. The third-order valence-electron chi connectivity index (χ3n) is 2.35. The molecule has 0 atom stereocenters. The van der Waals surface area contributed by atoms with Crippen molar-refractivity contribution in [3.8, 4) is 11.8 Å². The molecule has 0 saturated heterocycles. The zero-order valence-electron chi connectivity index (χ0n) is 9.61. The van der Waals surface area contributed by atoms with Gasteiger partial charge in [0, 0.05) is 11.0 Å². The molecule has 0 aromatic heterocycles. The molecule has 0 aliphatic rings. The molecule has 0 unspecified atom stereocenters.